The first-order valence-corrected chi connectivity index (χ1v) is 10.1. The molecule has 0 amide bonds. The smallest absolute Gasteiger partial charge is 0.419 e. The minimum Gasteiger partial charge on any atom is -0.493 e. The van der Waals surface area contributed by atoms with Crippen molar-refractivity contribution in [2.45, 2.75) is 32.0 Å². The number of rotatable bonds is 0. The van der Waals surface area contributed by atoms with Crippen LogP contribution in [0.25, 0.3) is 10.9 Å². The second-order valence-electron chi connectivity index (χ2n) is 6.81. The van der Waals surface area contributed by atoms with E-state index in [2.05, 4.69) is 15.3 Å². The Bertz CT molecular complexity index is 1090. The molecule has 0 saturated carbocycles. The molecule has 0 saturated heterocycles. The highest BCUT2D eigenvalue weighted by molar-refractivity contribution is 14.1. The van der Waals surface area contributed by atoms with E-state index in [1.807, 2.05) is 22.6 Å². The van der Waals surface area contributed by atoms with E-state index in [9.17, 15) is 17.6 Å². The maximum atomic E-state index is 14.0. The predicted molar refractivity (Wildman–Crippen MR) is 110 cm³/mol. The molecule has 4 rings (SSSR count). The van der Waals surface area contributed by atoms with E-state index in [-0.39, 0.29) is 18.2 Å². The van der Waals surface area contributed by atoms with E-state index in [4.69, 9.17) is 4.74 Å². The molecule has 1 aromatic heterocycles. The van der Waals surface area contributed by atoms with Crippen molar-refractivity contribution in [3.8, 4) is 5.75 Å². The molecule has 29 heavy (non-hydrogen) atoms. The number of nitrogens with zero attached hydrogens (tertiary/aromatic N) is 2. The summed E-state index contributed by atoms with van der Waals surface area (Å²) in [5, 5.41) is 3.79. The Balaban J connectivity index is 1.87. The Morgan fingerprint density at radius 1 is 1.21 bits per heavy atom. The van der Waals surface area contributed by atoms with E-state index >= 15 is 0 Å². The summed E-state index contributed by atoms with van der Waals surface area (Å²) in [5.74, 6) is 0.390. The summed E-state index contributed by atoms with van der Waals surface area (Å²) in [6, 6.07) is 6.44. The minimum absolute atomic E-state index is 0.0879. The standard InChI is InChI=1S/C20H16F4IN3O/c1-10-11-4-2-5-13(20(22,23)24)18(11)29-7-3-6-17-27-16-9-14(21)15(25)8-12(16)19(26-10)28-17/h2,4-5,8-10H,3,6-7H2,1H3,(H,26,27,28)/t10-/m1/s1. The molecule has 0 aliphatic carbocycles. The maximum Gasteiger partial charge on any atom is 0.419 e. The van der Waals surface area contributed by atoms with Gasteiger partial charge in [-0.15, -0.1) is 0 Å². The summed E-state index contributed by atoms with van der Waals surface area (Å²) < 4.78 is 60.6. The topological polar surface area (TPSA) is 47.0 Å². The van der Waals surface area contributed by atoms with Gasteiger partial charge in [0.1, 0.15) is 23.2 Å². The third kappa shape index (κ3) is 3.96. The lowest BCUT2D eigenvalue weighted by molar-refractivity contribution is -0.139. The molecule has 2 bridgehead atoms. The first-order chi connectivity index (χ1) is 13.7. The Labute approximate surface area is 177 Å². The number of ether oxygens (including phenoxy) is 1. The van der Waals surface area contributed by atoms with Crippen LogP contribution in [0.2, 0.25) is 0 Å². The zero-order valence-electron chi connectivity index (χ0n) is 15.3. The van der Waals surface area contributed by atoms with Gasteiger partial charge in [-0.25, -0.2) is 14.4 Å². The van der Waals surface area contributed by atoms with Crippen molar-refractivity contribution in [3.05, 3.63) is 56.7 Å². The van der Waals surface area contributed by atoms with Crippen molar-refractivity contribution in [3.63, 3.8) is 0 Å². The van der Waals surface area contributed by atoms with Gasteiger partial charge in [-0.2, -0.15) is 13.2 Å². The second-order valence-corrected chi connectivity index (χ2v) is 7.97. The van der Waals surface area contributed by atoms with Crippen LogP contribution in [0.15, 0.2) is 30.3 Å². The van der Waals surface area contributed by atoms with Crippen LogP contribution in [0.4, 0.5) is 23.4 Å². The second kappa shape index (κ2) is 7.58. The Hall–Kier alpha value is -2.17. The van der Waals surface area contributed by atoms with Gasteiger partial charge in [0.15, 0.2) is 0 Å². The third-order valence-corrected chi connectivity index (χ3v) is 5.57. The lowest BCUT2D eigenvalue weighted by Gasteiger charge is -2.22. The Kier molecular flexibility index (Phi) is 5.26. The van der Waals surface area contributed by atoms with Crippen molar-refractivity contribution in [2.24, 2.45) is 0 Å². The molecule has 152 valence electrons. The molecule has 1 aliphatic heterocycles. The Morgan fingerprint density at radius 3 is 2.76 bits per heavy atom. The number of fused-ring (bicyclic) bond motifs is 5. The third-order valence-electron chi connectivity index (χ3n) is 4.75. The number of alkyl halides is 3. The number of hydrogen-bond donors (Lipinski definition) is 1. The molecule has 9 heteroatoms. The van der Waals surface area contributed by atoms with Crippen molar-refractivity contribution >= 4 is 39.3 Å². The molecule has 4 nitrogen and oxygen atoms in total. The number of nitrogens with one attached hydrogen (secondary N) is 1. The van der Waals surface area contributed by atoms with E-state index in [1.165, 1.54) is 12.1 Å². The van der Waals surface area contributed by atoms with Crippen LogP contribution in [0.3, 0.4) is 0 Å². The molecule has 0 unspecified atom stereocenters. The first-order valence-electron chi connectivity index (χ1n) is 8.99. The number of benzene rings is 2. The number of para-hydroxylation sites is 1. The van der Waals surface area contributed by atoms with Gasteiger partial charge in [-0.05, 0) is 48.1 Å². The summed E-state index contributed by atoms with van der Waals surface area (Å²) in [4.78, 5) is 8.96. The predicted octanol–water partition coefficient (Wildman–Crippen LogP) is 5.89. The summed E-state index contributed by atoms with van der Waals surface area (Å²) in [5.41, 5.74) is 0.0288. The largest absolute Gasteiger partial charge is 0.493 e. The molecule has 0 spiro atoms. The van der Waals surface area contributed by atoms with Crippen molar-refractivity contribution in [1.29, 1.82) is 0 Å². The van der Waals surface area contributed by atoms with Gasteiger partial charge in [0, 0.05) is 27.0 Å². The molecular weight excluding hydrogens is 501 g/mol. The van der Waals surface area contributed by atoms with Gasteiger partial charge >= 0.3 is 6.18 Å². The van der Waals surface area contributed by atoms with Crippen LogP contribution in [-0.4, -0.2) is 16.6 Å². The van der Waals surface area contributed by atoms with Gasteiger partial charge in [0.25, 0.3) is 0 Å². The van der Waals surface area contributed by atoms with Crippen molar-refractivity contribution < 1.29 is 22.3 Å². The van der Waals surface area contributed by atoms with Crippen molar-refractivity contribution in [2.75, 3.05) is 11.9 Å². The average Bonchev–Trinajstić information content (AvgIpc) is 2.67. The molecule has 2 aromatic carbocycles. The highest BCUT2D eigenvalue weighted by atomic mass is 127. The van der Waals surface area contributed by atoms with E-state index in [0.717, 1.165) is 6.07 Å². The molecule has 0 fully saturated rings. The van der Waals surface area contributed by atoms with Crippen molar-refractivity contribution in [1.82, 2.24) is 9.97 Å². The summed E-state index contributed by atoms with van der Waals surface area (Å²) >= 11 is 1.88. The Morgan fingerprint density at radius 2 is 2.00 bits per heavy atom. The van der Waals surface area contributed by atoms with Crippen LogP contribution >= 0.6 is 22.6 Å². The number of aromatic nitrogens is 2. The van der Waals surface area contributed by atoms with Gasteiger partial charge in [0.05, 0.1) is 23.7 Å². The van der Waals surface area contributed by atoms with Crippen LogP contribution in [0.1, 0.15) is 36.3 Å². The number of hydrogen-bond acceptors (Lipinski definition) is 4. The fraction of sp³-hybridized carbons (Fsp3) is 0.300. The van der Waals surface area contributed by atoms with E-state index in [1.54, 1.807) is 19.1 Å². The molecule has 3 aromatic rings. The fourth-order valence-corrected chi connectivity index (χ4v) is 3.83. The summed E-state index contributed by atoms with van der Waals surface area (Å²) in [7, 11) is 0. The molecule has 1 atom stereocenters. The fourth-order valence-electron chi connectivity index (χ4n) is 3.36. The molecule has 0 radical (unpaired) electrons. The molecule has 1 N–H and O–H groups in total. The van der Waals surface area contributed by atoms with Gasteiger partial charge in [-0.1, -0.05) is 12.1 Å². The normalized spacial score (nSPS) is 17.1. The van der Waals surface area contributed by atoms with Crippen LogP contribution in [0.5, 0.6) is 5.75 Å². The number of aryl methyl sites for hydroxylation is 1. The van der Waals surface area contributed by atoms with E-state index in [0.29, 0.717) is 44.5 Å². The van der Waals surface area contributed by atoms with E-state index < -0.39 is 17.8 Å². The van der Waals surface area contributed by atoms with Gasteiger partial charge in [0.2, 0.25) is 0 Å². The SMILES string of the molecule is C[C@H]1Nc2nc(nc3cc(F)c(I)cc23)CCCOc2c1cccc2C(F)(F)F. The minimum atomic E-state index is -4.52. The highest BCUT2D eigenvalue weighted by Crippen LogP contribution is 2.41. The lowest BCUT2D eigenvalue weighted by atomic mass is 10.0. The molecular formula is C20H16F4IN3O. The zero-order chi connectivity index (χ0) is 20.8. The first kappa shape index (κ1) is 20.1. The quantitative estimate of drug-likeness (QED) is 0.299. The lowest BCUT2D eigenvalue weighted by Crippen LogP contribution is -2.15. The number of halogens is 5. The van der Waals surface area contributed by atoms with Crippen LogP contribution in [-0.2, 0) is 12.6 Å². The van der Waals surface area contributed by atoms with Crippen LogP contribution in [0, 0.1) is 9.39 Å². The highest BCUT2D eigenvalue weighted by Gasteiger charge is 2.36. The monoisotopic (exact) mass is 517 g/mol. The molecule has 2 heterocycles. The molecule has 1 aliphatic rings. The van der Waals surface area contributed by atoms with Gasteiger partial charge in [-0.3, -0.25) is 0 Å². The summed E-state index contributed by atoms with van der Waals surface area (Å²) in [6.45, 7) is 1.83. The van der Waals surface area contributed by atoms with Crippen LogP contribution < -0.4 is 10.1 Å². The van der Waals surface area contributed by atoms with Gasteiger partial charge < -0.3 is 10.1 Å². The summed E-state index contributed by atoms with van der Waals surface area (Å²) in [6.07, 6.45) is -3.70. The number of anilines is 1. The maximum absolute atomic E-state index is 14.0. The zero-order valence-corrected chi connectivity index (χ0v) is 17.4. The average molecular weight is 517 g/mol.